The van der Waals surface area contributed by atoms with E-state index in [1.54, 1.807) is 0 Å². The Bertz CT molecular complexity index is 130. The van der Waals surface area contributed by atoms with Crippen LogP contribution in [0.3, 0.4) is 0 Å². The third-order valence-corrected chi connectivity index (χ3v) is 1.53. The van der Waals surface area contributed by atoms with Gasteiger partial charge < -0.3 is 4.90 Å². The topological polar surface area (TPSA) is 3.24 Å². The second-order valence-corrected chi connectivity index (χ2v) is 2.76. The van der Waals surface area contributed by atoms with Crippen molar-refractivity contribution >= 4 is 0 Å². The van der Waals surface area contributed by atoms with Crippen molar-refractivity contribution in [2.45, 2.75) is 33.1 Å². The van der Waals surface area contributed by atoms with Gasteiger partial charge in [-0.05, 0) is 20.0 Å². The zero-order valence-electron chi connectivity index (χ0n) is 7.98. The average molecular weight is 153 g/mol. The fourth-order valence-electron chi connectivity index (χ4n) is 0.954. The highest BCUT2D eigenvalue weighted by Gasteiger charge is 1.91. The maximum Gasteiger partial charge on any atom is 0.0216 e. The van der Waals surface area contributed by atoms with E-state index >= 15 is 0 Å². The third kappa shape index (κ3) is 7.42. The third-order valence-electron chi connectivity index (χ3n) is 1.53. The summed E-state index contributed by atoms with van der Waals surface area (Å²) in [7, 11) is 2.15. The van der Waals surface area contributed by atoms with Crippen molar-refractivity contribution in [3.63, 3.8) is 0 Å². The largest absolute Gasteiger partial charge is 0.305 e. The van der Waals surface area contributed by atoms with Gasteiger partial charge >= 0.3 is 0 Å². The van der Waals surface area contributed by atoms with E-state index in [0.29, 0.717) is 0 Å². The van der Waals surface area contributed by atoms with Gasteiger partial charge in [-0.1, -0.05) is 13.8 Å². The average Bonchev–Trinajstić information content (AvgIpc) is 1.99. The van der Waals surface area contributed by atoms with Gasteiger partial charge in [-0.25, -0.2) is 0 Å². The van der Waals surface area contributed by atoms with Crippen molar-refractivity contribution in [1.29, 1.82) is 0 Å². The predicted octanol–water partition coefficient (Wildman–Crippen LogP) is 2.13. The molecular formula is C10H19N. The van der Waals surface area contributed by atoms with E-state index in [0.717, 1.165) is 19.4 Å². The molecule has 0 spiro atoms. The number of hydrogen-bond acceptors (Lipinski definition) is 1. The molecule has 11 heavy (non-hydrogen) atoms. The molecule has 0 aromatic carbocycles. The molecule has 0 bridgehead atoms. The highest BCUT2D eigenvalue weighted by atomic mass is 15.1. The molecular weight excluding hydrogens is 134 g/mol. The summed E-state index contributed by atoms with van der Waals surface area (Å²) in [5.74, 6) is 6.20. The summed E-state index contributed by atoms with van der Waals surface area (Å²) < 4.78 is 0. The normalized spacial score (nSPS) is 9.45. The molecule has 0 unspecified atom stereocenters. The Balaban J connectivity index is 3.23. The maximum absolute atomic E-state index is 3.13. The van der Waals surface area contributed by atoms with Crippen LogP contribution in [0.2, 0.25) is 0 Å². The van der Waals surface area contributed by atoms with Crippen molar-refractivity contribution in [3.05, 3.63) is 0 Å². The molecule has 64 valence electrons. The van der Waals surface area contributed by atoms with Crippen molar-refractivity contribution in [2.75, 3.05) is 20.1 Å². The fourth-order valence-corrected chi connectivity index (χ4v) is 0.954. The maximum atomic E-state index is 3.13. The van der Waals surface area contributed by atoms with Crippen LogP contribution >= 0.6 is 0 Å². The van der Waals surface area contributed by atoms with Crippen LogP contribution in [-0.2, 0) is 0 Å². The lowest BCUT2D eigenvalue weighted by atomic mass is 10.3. The number of hydrogen-bond donors (Lipinski definition) is 0. The summed E-state index contributed by atoms with van der Waals surface area (Å²) in [5.41, 5.74) is 0. The minimum absolute atomic E-state index is 0.984. The molecule has 0 heterocycles. The standard InChI is InChI=1S/C10H19N/c1-4-6-7-8-10-11(3)9-5-2/h4-5,8-10H2,1-3H3. The second-order valence-electron chi connectivity index (χ2n) is 2.76. The molecule has 0 rings (SSSR count). The van der Waals surface area contributed by atoms with Crippen molar-refractivity contribution in [3.8, 4) is 11.8 Å². The van der Waals surface area contributed by atoms with E-state index in [-0.39, 0.29) is 0 Å². The van der Waals surface area contributed by atoms with E-state index < -0.39 is 0 Å². The van der Waals surface area contributed by atoms with Gasteiger partial charge in [0.1, 0.15) is 0 Å². The van der Waals surface area contributed by atoms with Crippen molar-refractivity contribution in [1.82, 2.24) is 4.90 Å². The van der Waals surface area contributed by atoms with Crippen molar-refractivity contribution < 1.29 is 0 Å². The molecule has 0 aliphatic heterocycles. The van der Waals surface area contributed by atoms with E-state index in [9.17, 15) is 0 Å². The lowest BCUT2D eigenvalue weighted by Crippen LogP contribution is -2.19. The van der Waals surface area contributed by atoms with Gasteiger partial charge in [-0.2, -0.15) is 0 Å². The van der Waals surface area contributed by atoms with E-state index in [4.69, 9.17) is 0 Å². The van der Waals surface area contributed by atoms with Gasteiger partial charge in [0.25, 0.3) is 0 Å². The van der Waals surface area contributed by atoms with Gasteiger partial charge in [0.15, 0.2) is 0 Å². The first-order chi connectivity index (χ1) is 5.31. The first-order valence-electron chi connectivity index (χ1n) is 4.45. The van der Waals surface area contributed by atoms with Gasteiger partial charge in [0.2, 0.25) is 0 Å². The lowest BCUT2D eigenvalue weighted by Gasteiger charge is -2.12. The molecule has 1 heteroatoms. The molecule has 1 nitrogen and oxygen atoms in total. The van der Waals surface area contributed by atoms with Crippen LogP contribution in [0.4, 0.5) is 0 Å². The molecule has 0 aromatic heterocycles. The summed E-state index contributed by atoms with van der Waals surface area (Å²) in [6.45, 7) is 6.59. The molecule has 0 amide bonds. The monoisotopic (exact) mass is 153 g/mol. The quantitative estimate of drug-likeness (QED) is 0.559. The molecule has 0 aliphatic rings. The summed E-state index contributed by atoms with van der Waals surface area (Å²) in [4.78, 5) is 2.32. The van der Waals surface area contributed by atoms with Gasteiger partial charge in [-0.3, -0.25) is 0 Å². The van der Waals surface area contributed by atoms with Gasteiger partial charge in [0, 0.05) is 19.4 Å². The van der Waals surface area contributed by atoms with Gasteiger partial charge in [0.05, 0.1) is 0 Å². The predicted molar refractivity (Wildman–Crippen MR) is 50.5 cm³/mol. The first-order valence-corrected chi connectivity index (χ1v) is 4.45. The zero-order chi connectivity index (χ0) is 8.53. The van der Waals surface area contributed by atoms with Crippen LogP contribution in [0.15, 0.2) is 0 Å². The molecule has 0 aliphatic carbocycles. The zero-order valence-corrected chi connectivity index (χ0v) is 7.98. The number of rotatable bonds is 4. The van der Waals surface area contributed by atoms with E-state index in [1.807, 2.05) is 0 Å². The summed E-state index contributed by atoms with van der Waals surface area (Å²) in [6.07, 6.45) is 3.24. The van der Waals surface area contributed by atoms with Gasteiger partial charge in [-0.15, -0.1) is 11.8 Å². The minimum Gasteiger partial charge on any atom is -0.305 e. The molecule has 0 aromatic rings. The fraction of sp³-hybridized carbons (Fsp3) is 0.800. The SMILES string of the molecule is CCC#CCCN(C)CCC. The first kappa shape index (κ1) is 10.5. The Morgan fingerprint density at radius 3 is 2.36 bits per heavy atom. The Labute approximate surface area is 70.8 Å². The summed E-state index contributed by atoms with van der Waals surface area (Å²) >= 11 is 0. The second kappa shape index (κ2) is 7.63. The van der Waals surface area contributed by atoms with Crippen LogP contribution in [-0.4, -0.2) is 25.0 Å². The number of nitrogens with zero attached hydrogens (tertiary/aromatic N) is 1. The smallest absolute Gasteiger partial charge is 0.0216 e. The van der Waals surface area contributed by atoms with Crippen molar-refractivity contribution in [2.24, 2.45) is 0 Å². The molecule has 0 radical (unpaired) electrons. The molecule has 0 saturated carbocycles. The van der Waals surface area contributed by atoms with E-state index in [1.165, 1.54) is 13.0 Å². The van der Waals surface area contributed by atoms with Crippen LogP contribution in [0.5, 0.6) is 0 Å². The Hall–Kier alpha value is -0.480. The lowest BCUT2D eigenvalue weighted by molar-refractivity contribution is 0.343. The summed E-state index contributed by atoms with van der Waals surface area (Å²) in [6, 6.07) is 0. The Kier molecular flexibility index (Phi) is 7.29. The molecule has 0 saturated heterocycles. The highest BCUT2D eigenvalue weighted by Crippen LogP contribution is 1.88. The van der Waals surface area contributed by atoms with Crippen LogP contribution in [0, 0.1) is 11.8 Å². The van der Waals surface area contributed by atoms with Crippen LogP contribution in [0.1, 0.15) is 33.1 Å². The minimum atomic E-state index is 0.984. The molecule has 0 atom stereocenters. The van der Waals surface area contributed by atoms with E-state index in [2.05, 4.69) is 37.6 Å². The van der Waals surface area contributed by atoms with Crippen LogP contribution < -0.4 is 0 Å². The highest BCUT2D eigenvalue weighted by molar-refractivity contribution is 4.97. The van der Waals surface area contributed by atoms with Crippen LogP contribution in [0.25, 0.3) is 0 Å². The molecule has 0 N–H and O–H groups in total. The summed E-state index contributed by atoms with van der Waals surface area (Å²) in [5, 5.41) is 0. The Morgan fingerprint density at radius 1 is 1.09 bits per heavy atom. The Morgan fingerprint density at radius 2 is 1.82 bits per heavy atom. The molecule has 0 fully saturated rings.